The van der Waals surface area contributed by atoms with Crippen LogP contribution in [0.1, 0.15) is 46.2 Å². The lowest BCUT2D eigenvalue weighted by Crippen LogP contribution is -2.32. The lowest BCUT2D eigenvalue weighted by molar-refractivity contribution is -0.121. The number of hydrogen-bond acceptors (Lipinski definition) is 5. The summed E-state index contributed by atoms with van der Waals surface area (Å²) in [4.78, 5) is 26.9. The molecule has 27 heavy (non-hydrogen) atoms. The zero-order valence-electron chi connectivity index (χ0n) is 16.4. The molecule has 1 heterocycles. The number of H-pyrrole nitrogens is 1. The summed E-state index contributed by atoms with van der Waals surface area (Å²) in [5.74, 6) is 1.42. The molecule has 0 radical (unpaired) electrons. The average Bonchev–Trinajstić information content (AvgIpc) is 2.65. The third-order valence-electron chi connectivity index (χ3n) is 4.06. The van der Waals surface area contributed by atoms with E-state index in [1.165, 1.54) is 0 Å². The lowest BCUT2D eigenvalue weighted by atomic mass is 10.2. The Labute approximate surface area is 159 Å². The molecule has 0 aliphatic rings. The van der Waals surface area contributed by atoms with Crippen LogP contribution in [0.25, 0.3) is 11.4 Å². The van der Waals surface area contributed by atoms with Crippen LogP contribution in [0.2, 0.25) is 0 Å². The highest BCUT2D eigenvalue weighted by molar-refractivity contribution is 5.76. The van der Waals surface area contributed by atoms with E-state index in [1.54, 1.807) is 0 Å². The number of aryl methyl sites for hydroxylation is 1. The summed E-state index contributed by atoms with van der Waals surface area (Å²) in [7, 11) is 0. The van der Waals surface area contributed by atoms with Gasteiger partial charge in [-0.2, -0.15) is 0 Å². The second-order valence-corrected chi connectivity index (χ2v) is 7.06. The van der Waals surface area contributed by atoms with Gasteiger partial charge >= 0.3 is 0 Å². The normalized spacial score (nSPS) is 12.0. The van der Waals surface area contributed by atoms with Crippen LogP contribution in [0.5, 0.6) is 5.75 Å². The Kier molecular flexibility index (Phi) is 7.52. The first kappa shape index (κ1) is 20.6. The zero-order valence-corrected chi connectivity index (χ0v) is 16.4. The van der Waals surface area contributed by atoms with Crippen LogP contribution >= 0.6 is 0 Å². The summed E-state index contributed by atoms with van der Waals surface area (Å²) in [5, 5.41) is 11.0. The highest BCUT2D eigenvalue weighted by Gasteiger charge is 2.11. The maximum Gasteiger partial charge on any atom is 0.273 e. The topological polar surface area (TPSA) is 97.0 Å². The minimum absolute atomic E-state index is 0.0929. The van der Waals surface area contributed by atoms with Crippen molar-refractivity contribution in [2.75, 3.05) is 6.61 Å². The van der Waals surface area contributed by atoms with Gasteiger partial charge in [0.2, 0.25) is 5.91 Å². The van der Waals surface area contributed by atoms with Crippen LogP contribution in [-0.2, 0) is 11.2 Å². The predicted molar refractivity (Wildman–Crippen MR) is 105 cm³/mol. The molecule has 0 bridgehead atoms. The number of carbonyl (C=O) groups excluding carboxylic acids is 1. The number of aromatic nitrogens is 3. The van der Waals surface area contributed by atoms with Gasteiger partial charge in [-0.25, -0.2) is 0 Å². The number of aromatic amines is 1. The summed E-state index contributed by atoms with van der Waals surface area (Å²) in [5.41, 5.74) is 0.650. The van der Waals surface area contributed by atoms with Crippen LogP contribution in [-0.4, -0.2) is 33.7 Å². The molecule has 0 fully saturated rings. The molecule has 0 aliphatic heterocycles. The third kappa shape index (κ3) is 6.51. The molecule has 1 aromatic heterocycles. The Balaban J connectivity index is 2.05. The van der Waals surface area contributed by atoms with Crippen LogP contribution in [0, 0.1) is 5.92 Å². The maximum atomic E-state index is 12.3. The van der Waals surface area contributed by atoms with E-state index >= 15 is 0 Å². The molecule has 0 aliphatic carbocycles. The first-order valence-electron chi connectivity index (χ1n) is 9.37. The predicted octanol–water partition coefficient (Wildman–Crippen LogP) is 2.71. The van der Waals surface area contributed by atoms with Crippen molar-refractivity contribution in [3.05, 3.63) is 40.3 Å². The first-order valence-corrected chi connectivity index (χ1v) is 9.37. The molecule has 146 valence electrons. The number of nitrogens with zero attached hydrogens (tertiary/aromatic N) is 2. The van der Waals surface area contributed by atoms with Gasteiger partial charge in [-0.1, -0.05) is 32.9 Å². The maximum absolute atomic E-state index is 12.3. The molecule has 1 aromatic carbocycles. The number of carbonyl (C=O) groups is 1. The van der Waals surface area contributed by atoms with E-state index in [-0.39, 0.29) is 36.0 Å². The van der Waals surface area contributed by atoms with Gasteiger partial charge in [-0.15, -0.1) is 10.2 Å². The summed E-state index contributed by atoms with van der Waals surface area (Å²) < 4.78 is 5.70. The van der Waals surface area contributed by atoms with Crippen molar-refractivity contribution in [3.8, 4) is 17.1 Å². The van der Waals surface area contributed by atoms with Gasteiger partial charge in [-0.05, 0) is 31.4 Å². The number of nitrogens with one attached hydrogen (secondary N) is 2. The molecule has 0 saturated carbocycles. The molecular formula is C20H28N4O3. The number of benzene rings is 1. The van der Waals surface area contributed by atoms with Gasteiger partial charge in [0.1, 0.15) is 11.4 Å². The van der Waals surface area contributed by atoms with E-state index in [1.807, 2.05) is 38.1 Å². The molecular weight excluding hydrogens is 344 g/mol. The highest BCUT2D eigenvalue weighted by Crippen LogP contribution is 2.20. The minimum atomic E-state index is -0.329. The van der Waals surface area contributed by atoms with Crippen molar-refractivity contribution >= 4 is 5.91 Å². The van der Waals surface area contributed by atoms with Crippen LogP contribution in [0.15, 0.2) is 29.1 Å². The molecule has 1 amide bonds. The molecule has 7 heteroatoms. The van der Waals surface area contributed by atoms with Gasteiger partial charge in [-0.3, -0.25) is 9.59 Å². The largest absolute Gasteiger partial charge is 0.493 e. The van der Waals surface area contributed by atoms with Crippen molar-refractivity contribution < 1.29 is 9.53 Å². The second kappa shape index (κ2) is 9.85. The van der Waals surface area contributed by atoms with Crippen LogP contribution in [0.4, 0.5) is 0 Å². The van der Waals surface area contributed by atoms with Gasteiger partial charge in [0.05, 0.1) is 6.61 Å². The van der Waals surface area contributed by atoms with E-state index in [9.17, 15) is 9.59 Å². The Morgan fingerprint density at radius 1 is 1.26 bits per heavy atom. The minimum Gasteiger partial charge on any atom is -0.493 e. The fourth-order valence-electron chi connectivity index (χ4n) is 2.33. The van der Waals surface area contributed by atoms with Crippen molar-refractivity contribution in [3.63, 3.8) is 0 Å². The molecule has 0 spiro atoms. The molecule has 2 rings (SSSR count). The Hall–Kier alpha value is -2.70. The first-order chi connectivity index (χ1) is 12.9. The van der Waals surface area contributed by atoms with Crippen LogP contribution in [0.3, 0.4) is 0 Å². The molecule has 2 aromatic rings. The molecule has 1 atom stereocenters. The summed E-state index contributed by atoms with van der Waals surface area (Å²) in [6, 6.07) is 7.48. The van der Waals surface area contributed by atoms with Gasteiger partial charge in [0, 0.05) is 24.4 Å². The van der Waals surface area contributed by atoms with E-state index in [4.69, 9.17) is 4.74 Å². The molecule has 0 unspecified atom stereocenters. The van der Waals surface area contributed by atoms with Crippen molar-refractivity contribution in [2.45, 2.75) is 53.0 Å². The van der Waals surface area contributed by atoms with E-state index in [0.717, 1.165) is 17.7 Å². The van der Waals surface area contributed by atoms with Gasteiger partial charge < -0.3 is 15.0 Å². The second-order valence-electron chi connectivity index (χ2n) is 7.06. The number of rotatable bonds is 9. The summed E-state index contributed by atoms with van der Waals surface area (Å²) >= 11 is 0. The Morgan fingerprint density at radius 2 is 2.04 bits per heavy atom. The molecule has 2 N–H and O–H groups in total. The Bertz CT molecular complexity index is 817. The fraction of sp³-hybridized carbons (Fsp3) is 0.500. The molecule has 0 saturated heterocycles. The lowest BCUT2D eigenvalue weighted by Gasteiger charge is -2.11. The highest BCUT2D eigenvalue weighted by atomic mass is 16.5. The average molecular weight is 372 g/mol. The Morgan fingerprint density at radius 3 is 2.70 bits per heavy atom. The van der Waals surface area contributed by atoms with Crippen molar-refractivity contribution in [1.29, 1.82) is 0 Å². The third-order valence-corrected chi connectivity index (χ3v) is 4.06. The van der Waals surface area contributed by atoms with Crippen molar-refractivity contribution in [1.82, 2.24) is 20.5 Å². The van der Waals surface area contributed by atoms with Crippen molar-refractivity contribution in [2.24, 2.45) is 5.92 Å². The number of amides is 1. The SMILES string of the molecule is CC[C@@H](C)NC(=O)CCc1nnc(-c2cccc(OCC(C)C)c2)[nH]c1=O. The monoisotopic (exact) mass is 372 g/mol. The standard InChI is InChI=1S/C20H28N4O3/c1-5-14(4)21-18(25)10-9-17-20(26)22-19(24-23-17)15-7-6-8-16(11-15)27-12-13(2)3/h6-8,11,13-14H,5,9-10,12H2,1-4H3,(H,21,25)(H,22,24,26)/t14-/m1/s1. The zero-order chi connectivity index (χ0) is 19.8. The van der Waals surface area contributed by atoms with E-state index in [2.05, 4.69) is 34.3 Å². The van der Waals surface area contributed by atoms with E-state index in [0.29, 0.717) is 18.3 Å². The fourth-order valence-corrected chi connectivity index (χ4v) is 2.33. The summed E-state index contributed by atoms with van der Waals surface area (Å²) in [6.45, 7) is 8.72. The summed E-state index contributed by atoms with van der Waals surface area (Å²) in [6.07, 6.45) is 1.32. The smallest absolute Gasteiger partial charge is 0.273 e. The quantitative estimate of drug-likeness (QED) is 0.705. The molecule has 7 nitrogen and oxygen atoms in total. The van der Waals surface area contributed by atoms with Crippen LogP contribution < -0.4 is 15.6 Å². The van der Waals surface area contributed by atoms with E-state index < -0.39 is 0 Å². The van der Waals surface area contributed by atoms with Gasteiger partial charge in [0.25, 0.3) is 5.56 Å². The van der Waals surface area contributed by atoms with Gasteiger partial charge in [0.15, 0.2) is 5.82 Å². The number of hydrogen-bond donors (Lipinski definition) is 2. The number of ether oxygens (including phenoxy) is 1.